The van der Waals surface area contributed by atoms with E-state index in [-0.39, 0.29) is 0 Å². The molecule has 1 nitrogen and oxygen atoms in total. The summed E-state index contributed by atoms with van der Waals surface area (Å²) < 4.78 is 0. The Morgan fingerprint density at radius 3 is 2.00 bits per heavy atom. The van der Waals surface area contributed by atoms with Crippen molar-refractivity contribution in [1.82, 2.24) is 4.90 Å². The lowest BCUT2D eigenvalue weighted by Gasteiger charge is -2.17. The summed E-state index contributed by atoms with van der Waals surface area (Å²) >= 11 is 0. The summed E-state index contributed by atoms with van der Waals surface area (Å²) in [7, 11) is 0. The van der Waals surface area contributed by atoms with Gasteiger partial charge in [0, 0.05) is 12.6 Å². The van der Waals surface area contributed by atoms with Crippen molar-refractivity contribution in [2.45, 2.75) is 54.0 Å². The van der Waals surface area contributed by atoms with Crippen LogP contribution in [0.5, 0.6) is 0 Å². The molecule has 1 aliphatic rings. The Bertz CT molecular complexity index is 113. The molecule has 0 aromatic rings. The summed E-state index contributed by atoms with van der Waals surface area (Å²) in [6, 6.07) is 0.907. The lowest BCUT2D eigenvalue weighted by atomic mass is 9.90. The quantitative estimate of drug-likeness (QED) is 0.577. The molecule has 1 heteroatoms. The van der Waals surface area contributed by atoms with Crippen molar-refractivity contribution in [3.05, 3.63) is 0 Å². The Kier molecular flexibility index (Phi) is 4.84. The molecule has 0 amide bonds. The van der Waals surface area contributed by atoms with Gasteiger partial charge in [-0.1, -0.05) is 41.5 Å². The molecular formula is C11H25N. The number of hydrogen-bond acceptors (Lipinski definition) is 1. The topological polar surface area (TPSA) is 3.01 Å². The van der Waals surface area contributed by atoms with Crippen LogP contribution in [0.2, 0.25) is 0 Å². The van der Waals surface area contributed by atoms with Crippen molar-refractivity contribution >= 4 is 0 Å². The van der Waals surface area contributed by atoms with Gasteiger partial charge < -0.3 is 0 Å². The predicted octanol–water partition coefficient (Wildman–Crippen LogP) is 3.15. The molecule has 0 N–H and O–H groups in total. The zero-order chi connectivity index (χ0) is 9.78. The van der Waals surface area contributed by atoms with E-state index in [1.165, 1.54) is 19.5 Å². The minimum atomic E-state index is 0.522. The van der Waals surface area contributed by atoms with Gasteiger partial charge in [-0.15, -0.1) is 0 Å². The highest BCUT2D eigenvalue weighted by Crippen LogP contribution is 2.30. The van der Waals surface area contributed by atoms with E-state index in [0.717, 1.165) is 6.04 Å². The van der Waals surface area contributed by atoms with Gasteiger partial charge in [0.2, 0.25) is 0 Å². The van der Waals surface area contributed by atoms with Crippen LogP contribution in [0.3, 0.4) is 0 Å². The lowest BCUT2D eigenvalue weighted by molar-refractivity contribution is 0.345. The van der Waals surface area contributed by atoms with Crippen molar-refractivity contribution in [3.63, 3.8) is 0 Å². The Morgan fingerprint density at radius 1 is 1.25 bits per heavy atom. The molecule has 0 saturated carbocycles. The summed E-state index contributed by atoms with van der Waals surface area (Å²) in [6.07, 6.45) is 1.36. The van der Waals surface area contributed by atoms with Gasteiger partial charge >= 0.3 is 0 Å². The van der Waals surface area contributed by atoms with Gasteiger partial charge in [0.15, 0.2) is 0 Å². The van der Waals surface area contributed by atoms with Crippen LogP contribution in [-0.4, -0.2) is 24.0 Å². The molecule has 1 heterocycles. The second kappa shape index (κ2) is 4.86. The molecular weight excluding hydrogens is 146 g/mol. The molecule has 2 atom stereocenters. The van der Waals surface area contributed by atoms with Crippen molar-refractivity contribution in [3.8, 4) is 0 Å². The average Bonchev–Trinajstić information content (AvgIpc) is 2.68. The Hall–Kier alpha value is -0.0400. The third kappa shape index (κ3) is 4.76. The van der Waals surface area contributed by atoms with E-state index in [1.807, 2.05) is 13.8 Å². The largest absolute Gasteiger partial charge is 0.298 e. The van der Waals surface area contributed by atoms with Crippen LogP contribution in [0.4, 0.5) is 0 Å². The first-order valence-electron chi connectivity index (χ1n) is 5.27. The zero-order valence-corrected chi connectivity index (χ0v) is 9.65. The van der Waals surface area contributed by atoms with Gasteiger partial charge in [0.05, 0.1) is 0 Å². The van der Waals surface area contributed by atoms with Crippen LogP contribution in [-0.2, 0) is 0 Å². The SMILES string of the molecule is CC.CCN1CC1CC(C)(C)C. The highest BCUT2D eigenvalue weighted by Gasteiger charge is 2.34. The zero-order valence-electron chi connectivity index (χ0n) is 9.65. The molecule has 2 unspecified atom stereocenters. The second-order valence-corrected chi connectivity index (χ2v) is 4.51. The Morgan fingerprint density at radius 2 is 1.75 bits per heavy atom. The van der Waals surface area contributed by atoms with E-state index in [0.29, 0.717) is 5.41 Å². The standard InChI is InChI=1S/C9H19N.C2H6/c1-5-10-7-8(10)6-9(2,3)4;1-2/h8H,5-7H2,1-4H3;1-2H3. The molecule has 0 radical (unpaired) electrons. The smallest absolute Gasteiger partial charge is 0.0228 e. The maximum Gasteiger partial charge on any atom is 0.0228 e. The first kappa shape index (κ1) is 12.0. The van der Waals surface area contributed by atoms with Gasteiger partial charge in [0.1, 0.15) is 0 Å². The van der Waals surface area contributed by atoms with Gasteiger partial charge in [-0.2, -0.15) is 0 Å². The molecule has 0 bridgehead atoms. The fourth-order valence-electron chi connectivity index (χ4n) is 1.51. The minimum Gasteiger partial charge on any atom is -0.298 e. The highest BCUT2D eigenvalue weighted by atomic mass is 15.3. The monoisotopic (exact) mass is 171 g/mol. The molecule has 12 heavy (non-hydrogen) atoms. The molecule has 1 aliphatic heterocycles. The number of nitrogens with zero attached hydrogens (tertiary/aromatic N) is 1. The van der Waals surface area contributed by atoms with E-state index in [9.17, 15) is 0 Å². The predicted molar refractivity (Wildman–Crippen MR) is 56.5 cm³/mol. The van der Waals surface area contributed by atoms with Crippen molar-refractivity contribution in [2.75, 3.05) is 13.1 Å². The van der Waals surface area contributed by atoms with Crippen LogP contribution in [0.25, 0.3) is 0 Å². The molecule has 1 rings (SSSR count). The third-order valence-electron chi connectivity index (χ3n) is 2.08. The molecule has 0 aromatic carbocycles. The van der Waals surface area contributed by atoms with Crippen molar-refractivity contribution in [2.24, 2.45) is 5.41 Å². The normalized spacial score (nSPS) is 27.5. The van der Waals surface area contributed by atoms with Crippen LogP contribution < -0.4 is 0 Å². The fourth-order valence-corrected chi connectivity index (χ4v) is 1.51. The number of rotatable bonds is 2. The first-order valence-corrected chi connectivity index (χ1v) is 5.27. The van der Waals surface area contributed by atoms with E-state index in [2.05, 4.69) is 32.6 Å². The van der Waals surface area contributed by atoms with Crippen molar-refractivity contribution < 1.29 is 0 Å². The fraction of sp³-hybridized carbons (Fsp3) is 1.00. The maximum absolute atomic E-state index is 2.52. The van der Waals surface area contributed by atoms with Gasteiger partial charge in [0.25, 0.3) is 0 Å². The second-order valence-electron chi connectivity index (χ2n) is 4.51. The molecule has 74 valence electrons. The molecule has 1 fully saturated rings. The van der Waals surface area contributed by atoms with Crippen LogP contribution in [0.1, 0.15) is 48.0 Å². The van der Waals surface area contributed by atoms with Gasteiger partial charge in [-0.3, -0.25) is 4.90 Å². The molecule has 0 spiro atoms. The first-order chi connectivity index (χ1) is 5.53. The van der Waals surface area contributed by atoms with E-state index < -0.39 is 0 Å². The van der Waals surface area contributed by atoms with E-state index >= 15 is 0 Å². The number of hydrogen-bond donors (Lipinski definition) is 0. The summed E-state index contributed by atoms with van der Waals surface area (Å²) in [5, 5.41) is 0. The molecule has 1 saturated heterocycles. The molecule has 0 aliphatic carbocycles. The minimum absolute atomic E-state index is 0.522. The van der Waals surface area contributed by atoms with Crippen LogP contribution >= 0.6 is 0 Å². The average molecular weight is 171 g/mol. The Balaban J connectivity index is 0.000000561. The Labute approximate surface area is 78.1 Å². The summed E-state index contributed by atoms with van der Waals surface area (Å²) in [5.74, 6) is 0. The number of likely N-dealkylation sites (N-methyl/N-ethyl adjacent to an activating group) is 1. The highest BCUT2D eigenvalue weighted by molar-refractivity contribution is 4.90. The van der Waals surface area contributed by atoms with Crippen LogP contribution in [0.15, 0.2) is 0 Å². The van der Waals surface area contributed by atoms with Gasteiger partial charge in [-0.05, 0) is 18.4 Å². The molecule has 0 aromatic heterocycles. The summed E-state index contributed by atoms with van der Waals surface area (Å²) in [4.78, 5) is 2.52. The maximum atomic E-state index is 2.52. The summed E-state index contributed by atoms with van der Waals surface area (Å²) in [6.45, 7) is 15.8. The van der Waals surface area contributed by atoms with Crippen LogP contribution in [0, 0.1) is 5.41 Å². The summed E-state index contributed by atoms with van der Waals surface area (Å²) in [5.41, 5.74) is 0.522. The van der Waals surface area contributed by atoms with E-state index in [4.69, 9.17) is 0 Å². The van der Waals surface area contributed by atoms with E-state index in [1.54, 1.807) is 0 Å². The van der Waals surface area contributed by atoms with Gasteiger partial charge in [-0.25, -0.2) is 0 Å². The third-order valence-corrected chi connectivity index (χ3v) is 2.08. The van der Waals surface area contributed by atoms with Crippen molar-refractivity contribution in [1.29, 1.82) is 0 Å². The lowest BCUT2D eigenvalue weighted by Crippen LogP contribution is -2.12.